The van der Waals surface area contributed by atoms with Crippen LogP contribution in [0.2, 0.25) is 4.34 Å². The van der Waals surface area contributed by atoms with Gasteiger partial charge in [0, 0.05) is 25.1 Å². The van der Waals surface area contributed by atoms with Crippen LogP contribution in [-0.4, -0.2) is 37.1 Å². The number of thiophene rings is 1. The van der Waals surface area contributed by atoms with E-state index in [1.165, 1.54) is 11.3 Å². The standard InChI is InChI=1S/C14H21ClN2O2S/c1-3-8-17(10-11-6-7-13(15)20-11)14(18)12(16)5-4-9-19-2/h3,6-7,12H,1,4-5,8-10,16H2,2H3. The van der Waals surface area contributed by atoms with Gasteiger partial charge in [-0.3, -0.25) is 4.79 Å². The monoisotopic (exact) mass is 316 g/mol. The van der Waals surface area contributed by atoms with Gasteiger partial charge < -0.3 is 15.4 Å². The molecule has 0 aliphatic rings. The first-order chi connectivity index (χ1) is 9.58. The maximum Gasteiger partial charge on any atom is 0.240 e. The van der Waals surface area contributed by atoms with Crippen molar-refractivity contribution in [2.45, 2.75) is 25.4 Å². The van der Waals surface area contributed by atoms with Crippen LogP contribution >= 0.6 is 22.9 Å². The average molecular weight is 317 g/mol. The molecule has 1 unspecified atom stereocenters. The number of nitrogens with zero attached hydrogens (tertiary/aromatic N) is 1. The van der Waals surface area contributed by atoms with Crippen LogP contribution < -0.4 is 5.73 Å². The molecule has 1 amide bonds. The molecule has 1 aromatic heterocycles. The van der Waals surface area contributed by atoms with Crippen molar-refractivity contribution in [1.82, 2.24) is 4.90 Å². The van der Waals surface area contributed by atoms with Gasteiger partial charge in [-0.2, -0.15) is 0 Å². The molecule has 0 aliphatic heterocycles. The fourth-order valence-corrected chi connectivity index (χ4v) is 2.92. The quantitative estimate of drug-likeness (QED) is 0.563. The molecule has 0 fully saturated rings. The minimum absolute atomic E-state index is 0.0643. The van der Waals surface area contributed by atoms with E-state index in [4.69, 9.17) is 22.1 Å². The zero-order chi connectivity index (χ0) is 15.0. The van der Waals surface area contributed by atoms with E-state index in [1.54, 1.807) is 18.1 Å². The second-order valence-electron chi connectivity index (χ2n) is 4.45. The number of amides is 1. The molecule has 1 heterocycles. The lowest BCUT2D eigenvalue weighted by Gasteiger charge is -2.24. The molecular weight excluding hydrogens is 296 g/mol. The third-order valence-corrected chi connectivity index (χ3v) is 4.03. The molecule has 20 heavy (non-hydrogen) atoms. The molecule has 0 aromatic carbocycles. The zero-order valence-corrected chi connectivity index (χ0v) is 13.3. The van der Waals surface area contributed by atoms with Crippen molar-refractivity contribution in [2.24, 2.45) is 5.73 Å². The number of rotatable bonds is 9. The number of hydrogen-bond acceptors (Lipinski definition) is 4. The fraction of sp³-hybridized carbons (Fsp3) is 0.500. The molecule has 1 atom stereocenters. The van der Waals surface area contributed by atoms with Gasteiger partial charge in [-0.1, -0.05) is 17.7 Å². The first-order valence-electron chi connectivity index (χ1n) is 6.47. The van der Waals surface area contributed by atoms with Gasteiger partial charge in [0.25, 0.3) is 0 Å². The van der Waals surface area contributed by atoms with Crippen molar-refractivity contribution in [2.75, 3.05) is 20.3 Å². The molecule has 1 rings (SSSR count). The molecule has 4 nitrogen and oxygen atoms in total. The topological polar surface area (TPSA) is 55.6 Å². The molecule has 0 radical (unpaired) electrons. The summed E-state index contributed by atoms with van der Waals surface area (Å²) in [6, 6.07) is 3.25. The highest BCUT2D eigenvalue weighted by Crippen LogP contribution is 2.23. The summed E-state index contributed by atoms with van der Waals surface area (Å²) in [5.41, 5.74) is 5.94. The summed E-state index contributed by atoms with van der Waals surface area (Å²) in [5, 5.41) is 0. The smallest absolute Gasteiger partial charge is 0.240 e. The van der Waals surface area contributed by atoms with E-state index in [-0.39, 0.29) is 5.91 Å². The van der Waals surface area contributed by atoms with Gasteiger partial charge in [-0.15, -0.1) is 17.9 Å². The average Bonchev–Trinajstić information content (AvgIpc) is 2.83. The van der Waals surface area contributed by atoms with Crippen LogP contribution in [0.15, 0.2) is 24.8 Å². The fourth-order valence-electron chi connectivity index (χ4n) is 1.82. The Kier molecular flexibility index (Phi) is 7.84. The number of halogens is 1. The number of carbonyl (C=O) groups excluding carboxylic acids is 1. The Morgan fingerprint density at radius 1 is 1.65 bits per heavy atom. The SMILES string of the molecule is C=CCN(Cc1ccc(Cl)s1)C(=O)C(N)CCCOC. The number of methoxy groups -OCH3 is 1. The number of nitrogens with two attached hydrogens (primary N) is 1. The van der Waals surface area contributed by atoms with E-state index in [1.807, 2.05) is 12.1 Å². The summed E-state index contributed by atoms with van der Waals surface area (Å²) in [6.45, 7) is 5.29. The van der Waals surface area contributed by atoms with E-state index in [0.717, 1.165) is 15.6 Å². The Hall–Kier alpha value is -0.880. The largest absolute Gasteiger partial charge is 0.385 e. The molecular formula is C14H21ClN2O2S. The Morgan fingerprint density at radius 3 is 2.95 bits per heavy atom. The highest BCUT2D eigenvalue weighted by atomic mass is 35.5. The summed E-state index contributed by atoms with van der Waals surface area (Å²) >= 11 is 7.37. The predicted octanol–water partition coefficient (Wildman–Crippen LogP) is 2.67. The van der Waals surface area contributed by atoms with Gasteiger partial charge in [0.05, 0.1) is 16.9 Å². The lowest BCUT2D eigenvalue weighted by molar-refractivity contribution is -0.132. The maximum atomic E-state index is 12.3. The van der Waals surface area contributed by atoms with E-state index in [0.29, 0.717) is 26.1 Å². The van der Waals surface area contributed by atoms with Gasteiger partial charge in [0.1, 0.15) is 0 Å². The second kappa shape index (κ2) is 9.13. The van der Waals surface area contributed by atoms with Crippen LogP contribution in [0.1, 0.15) is 17.7 Å². The Morgan fingerprint density at radius 2 is 2.40 bits per heavy atom. The molecule has 0 spiro atoms. The van der Waals surface area contributed by atoms with Crippen molar-refractivity contribution in [3.05, 3.63) is 34.0 Å². The minimum Gasteiger partial charge on any atom is -0.385 e. The van der Waals surface area contributed by atoms with E-state index in [9.17, 15) is 4.79 Å². The van der Waals surface area contributed by atoms with Crippen molar-refractivity contribution < 1.29 is 9.53 Å². The highest BCUT2D eigenvalue weighted by molar-refractivity contribution is 7.16. The Balaban J connectivity index is 2.59. The van der Waals surface area contributed by atoms with Crippen LogP contribution in [0.5, 0.6) is 0 Å². The molecule has 2 N–H and O–H groups in total. The summed E-state index contributed by atoms with van der Waals surface area (Å²) in [6.07, 6.45) is 3.09. The van der Waals surface area contributed by atoms with Gasteiger partial charge in [-0.25, -0.2) is 0 Å². The highest BCUT2D eigenvalue weighted by Gasteiger charge is 2.20. The van der Waals surface area contributed by atoms with Crippen LogP contribution in [0, 0.1) is 0 Å². The van der Waals surface area contributed by atoms with Gasteiger partial charge in [0.2, 0.25) is 5.91 Å². The normalized spacial score (nSPS) is 12.2. The Labute approximate surface area is 129 Å². The molecule has 112 valence electrons. The van der Waals surface area contributed by atoms with Crippen molar-refractivity contribution >= 4 is 28.8 Å². The van der Waals surface area contributed by atoms with E-state index in [2.05, 4.69) is 6.58 Å². The molecule has 6 heteroatoms. The van der Waals surface area contributed by atoms with Crippen LogP contribution in [-0.2, 0) is 16.1 Å². The summed E-state index contributed by atoms with van der Waals surface area (Å²) in [4.78, 5) is 15.1. The number of ether oxygens (including phenoxy) is 1. The van der Waals surface area contributed by atoms with Crippen molar-refractivity contribution in [3.8, 4) is 0 Å². The predicted molar refractivity (Wildman–Crippen MR) is 84.0 cm³/mol. The molecule has 0 saturated carbocycles. The van der Waals surface area contributed by atoms with Crippen LogP contribution in [0.4, 0.5) is 0 Å². The third-order valence-electron chi connectivity index (χ3n) is 2.82. The van der Waals surface area contributed by atoms with Crippen LogP contribution in [0.25, 0.3) is 0 Å². The first-order valence-corrected chi connectivity index (χ1v) is 7.66. The molecule has 0 saturated heterocycles. The van der Waals surface area contributed by atoms with Crippen molar-refractivity contribution in [1.29, 1.82) is 0 Å². The molecule has 0 bridgehead atoms. The van der Waals surface area contributed by atoms with Crippen LogP contribution in [0.3, 0.4) is 0 Å². The lowest BCUT2D eigenvalue weighted by Crippen LogP contribution is -2.43. The van der Waals surface area contributed by atoms with E-state index < -0.39 is 6.04 Å². The number of carbonyl (C=O) groups is 1. The van der Waals surface area contributed by atoms with E-state index >= 15 is 0 Å². The van der Waals surface area contributed by atoms with Gasteiger partial charge >= 0.3 is 0 Å². The number of hydrogen-bond donors (Lipinski definition) is 1. The molecule has 0 aliphatic carbocycles. The third kappa shape index (κ3) is 5.63. The summed E-state index contributed by atoms with van der Waals surface area (Å²) in [7, 11) is 1.64. The lowest BCUT2D eigenvalue weighted by atomic mass is 10.1. The zero-order valence-electron chi connectivity index (χ0n) is 11.7. The van der Waals surface area contributed by atoms with Gasteiger partial charge in [-0.05, 0) is 25.0 Å². The maximum absolute atomic E-state index is 12.3. The molecule has 1 aromatic rings. The second-order valence-corrected chi connectivity index (χ2v) is 6.25. The van der Waals surface area contributed by atoms with Crippen molar-refractivity contribution in [3.63, 3.8) is 0 Å². The first kappa shape index (κ1) is 17.2. The summed E-state index contributed by atoms with van der Waals surface area (Å²) < 4.78 is 5.69. The minimum atomic E-state index is -0.500. The summed E-state index contributed by atoms with van der Waals surface area (Å²) in [5.74, 6) is -0.0643. The van der Waals surface area contributed by atoms with Gasteiger partial charge in [0.15, 0.2) is 0 Å². The Bertz CT molecular complexity index is 437.